The molecule has 1 unspecified atom stereocenters. The molecule has 4 aromatic rings. The second-order valence-corrected chi connectivity index (χ2v) is 10.7. The molecule has 0 saturated carbocycles. The van der Waals surface area contributed by atoms with Gasteiger partial charge in [0, 0.05) is 11.9 Å². The number of aromatic nitrogens is 2. The van der Waals surface area contributed by atoms with Gasteiger partial charge in [0.2, 0.25) is 5.95 Å². The van der Waals surface area contributed by atoms with Gasteiger partial charge in [0.1, 0.15) is 9.96 Å². The number of benzene rings is 2. The van der Waals surface area contributed by atoms with Gasteiger partial charge in [-0.2, -0.15) is 0 Å². The smallest absolute Gasteiger partial charge is 0.227 e. The van der Waals surface area contributed by atoms with Gasteiger partial charge in [-0.1, -0.05) is 24.3 Å². The largest absolute Gasteiger partial charge is 0.497 e. The van der Waals surface area contributed by atoms with E-state index >= 15 is 0 Å². The number of thiophene rings is 1. The van der Waals surface area contributed by atoms with Gasteiger partial charge in [-0.3, -0.25) is 0 Å². The Hall–Kier alpha value is -3.27. The van der Waals surface area contributed by atoms with Crippen molar-refractivity contribution in [1.82, 2.24) is 9.97 Å². The molecule has 2 aromatic carbocycles. The molecule has 4 rings (SSSR count). The van der Waals surface area contributed by atoms with Crippen LogP contribution in [0.3, 0.4) is 0 Å². The Morgan fingerprint density at radius 3 is 2.70 bits per heavy atom. The van der Waals surface area contributed by atoms with Gasteiger partial charge < -0.3 is 15.2 Å². The Kier molecular flexibility index (Phi) is 6.73. The summed E-state index contributed by atoms with van der Waals surface area (Å²) < 4.78 is 31.4. The number of hydrogen-bond donors (Lipinski definition) is 2. The number of aliphatic hydroxyl groups excluding tert-OH is 1. The number of nitrogens with one attached hydrogen (secondary N) is 1. The van der Waals surface area contributed by atoms with Crippen LogP contribution >= 0.6 is 11.3 Å². The maximum Gasteiger partial charge on any atom is 0.227 e. The van der Waals surface area contributed by atoms with E-state index in [1.54, 1.807) is 62.7 Å². The average Bonchev–Trinajstić information content (AvgIpc) is 3.31. The zero-order valence-electron chi connectivity index (χ0n) is 18.1. The first kappa shape index (κ1) is 22.9. The van der Waals surface area contributed by atoms with Crippen molar-refractivity contribution in [3.8, 4) is 16.3 Å². The zero-order valence-corrected chi connectivity index (χ0v) is 19.7. The summed E-state index contributed by atoms with van der Waals surface area (Å²) in [6.07, 6.45) is 1.04. The van der Waals surface area contributed by atoms with Crippen molar-refractivity contribution in [2.24, 2.45) is 0 Å². The fourth-order valence-electron chi connectivity index (χ4n) is 3.24. The number of aliphatic hydroxyl groups is 1. The molecule has 0 aliphatic carbocycles. The summed E-state index contributed by atoms with van der Waals surface area (Å²) in [6.45, 7) is 1.70. The van der Waals surface area contributed by atoms with Crippen molar-refractivity contribution < 1.29 is 18.3 Å². The van der Waals surface area contributed by atoms with Crippen molar-refractivity contribution in [3.63, 3.8) is 0 Å². The Morgan fingerprint density at radius 2 is 1.91 bits per heavy atom. The highest BCUT2D eigenvalue weighted by Gasteiger charge is 2.19. The number of ether oxygens (including phenoxy) is 1. The first-order chi connectivity index (χ1) is 15.8. The molecule has 7 nitrogen and oxygen atoms in total. The van der Waals surface area contributed by atoms with E-state index in [0.717, 1.165) is 16.1 Å². The molecule has 0 bridgehead atoms. The molecule has 0 aliphatic rings. The normalized spacial score (nSPS) is 12.3. The number of sulfone groups is 1. The highest BCUT2D eigenvalue weighted by molar-refractivity contribution is 7.92. The first-order valence-corrected chi connectivity index (χ1v) is 12.6. The molecular formula is C24H23N3O4S2. The molecule has 2 N–H and O–H groups in total. The molecule has 0 saturated heterocycles. The average molecular weight is 482 g/mol. The van der Waals surface area contributed by atoms with E-state index in [2.05, 4.69) is 15.3 Å². The molecule has 0 radical (unpaired) electrons. The third kappa shape index (κ3) is 5.57. The number of anilines is 2. The number of rotatable bonds is 8. The lowest BCUT2D eigenvalue weighted by Gasteiger charge is -2.09. The summed E-state index contributed by atoms with van der Waals surface area (Å²) >= 11 is 1.17. The fraction of sp³-hybridized carbons (Fsp3) is 0.167. The topological polar surface area (TPSA) is 101 Å². The lowest BCUT2D eigenvalue weighted by molar-refractivity contribution is 0.199. The number of methoxy groups -OCH3 is 1. The van der Waals surface area contributed by atoms with Gasteiger partial charge in [0.25, 0.3) is 0 Å². The highest BCUT2D eigenvalue weighted by atomic mass is 32.2. The van der Waals surface area contributed by atoms with Crippen LogP contribution in [0.2, 0.25) is 0 Å². The van der Waals surface area contributed by atoms with Crippen molar-refractivity contribution in [1.29, 1.82) is 0 Å². The van der Waals surface area contributed by atoms with Crippen LogP contribution in [0.15, 0.2) is 77.1 Å². The van der Waals surface area contributed by atoms with E-state index < -0.39 is 15.9 Å². The van der Waals surface area contributed by atoms with Gasteiger partial charge in [-0.25, -0.2) is 18.4 Å². The lowest BCUT2D eigenvalue weighted by Crippen LogP contribution is -2.03. The molecule has 2 aromatic heterocycles. The van der Waals surface area contributed by atoms with Gasteiger partial charge in [-0.15, -0.1) is 11.3 Å². The molecule has 2 heterocycles. The SMILES string of the molecule is COc1cccc(CS(=O)(=O)c2ccc(-c3ccnc(Nc4cccc(C(C)O)c4)n3)s2)c1. The third-order valence-corrected chi connectivity index (χ3v) is 8.29. The Morgan fingerprint density at radius 1 is 1.09 bits per heavy atom. The fourth-order valence-corrected chi connectivity index (χ4v) is 5.94. The van der Waals surface area contributed by atoms with Gasteiger partial charge in [0.15, 0.2) is 9.84 Å². The van der Waals surface area contributed by atoms with Crippen LogP contribution in [-0.4, -0.2) is 30.6 Å². The maximum atomic E-state index is 12.9. The summed E-state index contributed by atoms with van der Waals surface area (Å²) in [5.41, 5.74) is 2.81. The van der Waals surface area contributed by atoms with E-state index in [1.807, 2.05) is 24.3 Å². The molecule has 0 aliphatic heterocycles. The Balaban J connectivity index is 1.54. The maximum absolute atomic E-state index is 12.9. The lowest BCUT2D eigenvalue weighted by atomic mass is 10.1. The molecular weight excluding hydrogens is 458 g/mol. The molecule has 1 atom stereocenters. The van der Waals surface area contributed by atoms with Crippen molar-refractivity contribution in [3.05, 3.63) is 84.1 Å². The van der Waals surface area contributed by atoms with E-state index in [9.17, 15) is 13.5 Å². The zero-order chi connectivity index (χ0) is 23.4. The third-order valence-electron chi connectivity index (χ3n) is 4.91. The summed E-state index contributed by atoms with van der Waals surface area (Å²) in [4.78, 5) is 9.51. The van der Waals surface area contributed by atoms with Crippen molar-refractivity contribution >= 4 is 32.8 Å². The predicted molar refractivity (Wildman–Crippen MR) is 130 cm³/mol. The van der Waals surface area contributed by atoms with E-state index in [4.69, 9.17) is 4.74 Å². The van der Waals surface area contributed by atoms with Gasteiger partial charge in [-0.05, 0) is 60.5 Å². The molecule has 9 heteroatoms. The van der Waals surface area contributed by atoms with Crippen LogP contribution < -0.4 is 10.1 Å². The van der Waals surface area contributed by atoms with E-state index in [0.29, 0.717) is 23.0 Å². The quantitative estimate of drug-likeness (QED) is 0.366. The molecule has 0 spiro atoms. The minimum absolute atomic E-state index is 0.111. The summed E-state index contributed by atoms with van der Waals surface area (Å²) in [5.74, 6) is 0.888. The molecule has 0 amide bonds. The van der Waals surface area contributed by atoms with Crippen LogP contribution in [0, 0.1) is 0 Å². The second kappa shape index (κ2) is 9.70. The van der Waals surface area contributed by atoms with Gasteiger partial charge in [0.05, 0.1) is 29.5 Å². The Labute approximate surface area is 196 Å². The van der Waals surface area contributed by atoms with Crippen molar-refractivity contribution in [2.75, 3.05) is 12.4 Å². The molecule has 0 fully saturated rings. The summed E-state index contributed by atoms with van der Waals surface area (Å²) in [5, 5.41) is 12.9. The monoisotopic (exact) mass is 481 g/mol. The Bertz CT molecular complexity index is 1370. The minimum Gasteiger partial charge on any atom is -0.497 e. The molecule has 170 valence electrons. The van der Waals surface area contributed by atoms with Crippen LogP contribution in [-0.2, 0) is 15.6 Å². The van der Waals surface area contributed by atoms with Crippen LogP contribution in [0.25, 0.3) is 10.6 Å². The van der Waals surface area contributed by atoms with E-state index in [1.165, 1.54) is 11.3 Å². The minimum atomic E-state index is -3.52. The second-order valence-electron chi connectivity index (χ2n) is 7.42. The number of nitrogens with zero attached hydrogens (tertiary/aromatic N) is 2. The highest BCUT2D eigenvalue weighted by Crippen LogP contribution is 2.32. The van der Waals surface area contributed by atoms with E-state index in [-0.39, 0.29) is 9.96 Å². The standard InChI is InChI=1S/C24H23N3O4S2/c1-16(28)18-6-4-7-19(14-18)26-24-25-12-11-21(27-24)22-9-10-23(32-22)33(29,30)15-17-5-3-8-20(13-17)31-2/h3-14,16,28H,15H2,1-2H3,(H,25,26,27). The summed E-state index contributed by atoms with van der Waals surface area (Å²) in [6, 6.07) is 19.5. The van der Waals surface area contributed by atoms with Gasteiger partial charge >= 0.3 is 0 Å². The van der Waals surface area contributed by atoms with Crippen LogP contribution in [0.5, 0.6) is 5.75 Å². The summed E-state index contributed by atoms with van der Waals surface area (Å²) in [7, 11) is -1.97. The molecule has 33 heavy (non-hydrogen) atoms. The number of hydrogen-bond acceptors (Lipinski definition) is 8. The first-order valence-electron chi connectivity index (χ1n) is 10.2. The van der Waals surface area contributed by atoms with Crippen LogP contribution in [0.1, 0.15) is 24.2 Å². The van der Waals surface area contributed by atoms with Crippen molar-refractivity contribution in [2.45, 2.75) is 23.0 Å². The predicted octanol–water partition coefficient (Wildman–Crippen LogP) is 4.98. The van der Waals surface area contributed by atoms with Crippen LogP contribution in [0.4, 0.5) is 11.6 Å².